The molecule has 0 spiro atoms. The molecule has 3 rings (SSSR count). The zero-order valence-corrected chi connectivity index (χ0v) is 23.0. The lowest BCUT2D eigenvalue weighted by molar-refractivity contribution is -0.154. The number of aryl methyl sites for hydroxylation is 1. The van der Waals surface area contributed by atoms with Crippen molar-refractivity contribution in [2.75, 3.05) is 6.61 Å². The van der Waals surface area contributed by atoms with Gasteiger partial charge in [0.1, 0.15) is 17.5 Å². The number of nitrogens with zero attached hydrogens (tertiary/aromatic N) is 1. The molecule has 0 aliphatic carbocycles. The molecule has 0 bridgehead atoms. The van der Waals surface area contributed by atoms with Crippen LogP contribution in [0.25, 0.3) is 6.08 Å². The molecule has 0 saturated carbocycles. The van der Waals surface area contributed by atoms with Crippen LogP contribution < -0.4 is 0 Å². The molecule has 0 radical (unpaired) electrons. The van der Waals surface area contributed by atoms with Gasteiger partial charge in [0.15, 0.2) is 0 Å². The molecule has 0 amide bonds. The third-order valence-electron chi connectivity index (χ3n) is 7.99. The molecule has 202 valence electrons. The van der Waals surface area contributed by atoms with Gasteiger partial charge in [-0.15, -0.1) is 11.3 Å². The number of hydrogen-bond donors (Lipinski definition) is 3. The lowest BCUT2D eigenvalue weighted by atomic mass is 9.73. The van der Waals surface area contributed by atoms with E-state index in [1.807, 2.05) is 32.2 Å². The quantitative estimate of drug-likeness (QED) is 0.406. The minimum atomic E-state index is -1.27. The van der Waals surface area contributed by atoms with E-state index in [2.05, 4.69) is 4.98 Å². The van der Waals surface area contributed by atoms with Crippen LogP contribution in [0.1, 0.15) is 77.4 Å². The summed E-state index contributed by atoms with van der Waals surface area (Å²) >= 11 is 1.53. The number of aliphatic hydroxyl groups is 3. The fraction of sp³-hybridized carbons (Fsp3) is 0.741. The first-order valence-corrected chi connectivity index (χ1v) is 13.7. The van der Waals surface area contributed by atoms with E-state index in [-0.39, 0.29) is 30.8 Å². The number of ether oxygens (including phenoxy) is 2. The van der Waals surface area contributed by atoms with Gasteiger partial charge in [0.25, 0.3) is 0 Å². The van der Waals surface area contributed by atoms with Gasteiger partial charge in [-0.1, -0.05) is 34.1 Å². The Balaban J connectivity index is 1.88. The summed E-state index contributed by atoms with van der Waals surface area (Å²) in [5.41, 5.74) is -0.378. The molecule has 36 heavy (non-hydrogen) atoms. The number of ketones is 1. The molecule has 2 aliphatic rings. The monoisotopic (exact) mass is 523 g/mol. The maximum atomic E-state index is 13.2. The van der Waals surface area contributed by atoms with Crippen LogP contribution in [0.3, 0.4) is 0 Å². The maximum absolute atomic E-state index is 13.2. The number of thiazole rings is 1. The highest BCUT2D eigenvalue weighted by Gasteiger charge is 2.56. The van der Waals surface area contributed by atoms with Crippen molar-refractivity contribution < 1.29 is 34.4 Å². The number of aliphatic hydroxyl groups excluding tert-OH is 3. The highest BCUT2D eigenvalue weighted by molar-refractivity contribution is 7.09. The summed E-state index contributed by atoms with van der Waals surface area (Å²) in [6.07, 6.45) is 0.807. The molecule has 1 aromatic rings. The van der Waals surface area contributed by atoms with E-state index in [4.69, 9.17) is 9.47 Å². The molecule has 8 nitrogen and oxygen atoms in total. The number of carbonyl (C=O) groups excluding carboxylic acids is 2. The van der Waals surface area contributed by atoms with Gasteiger partial charge >= 0.3 is 5.97 Å². The predicted molar refractivity (Wildman–Crippen MR) is 137 cm³/mol. The van der Waals surface area contributed by atoms with Crippen molar-refractivity contribution in [1.82, 2.24) is 4.98 Å². The summed E-state index contributed by atoms with van der Waals surface area (Å²) in [5, 5.41) is 34.7. The summed E-state index contributed by atoms with van der Waals surface area (Å²) in [5.74, 6) is -1.77. The van der Waals surface area contributed by atoms with Gasteiger partial charge in [0, 0.05) is 17.7 Å². The number of hydrogen-bond acceptors (Lipinski definition) is 9. The van der Waals surface area contributed by atoms with E-state index in [0.717, 1.165) is 16.3 Å². The standard InChI is InChI=1S/C27H41NO7S/c1-15-8-7-9-27(14-29)22(35-27)11-20(16(2)10-19-13-36-18(4)28-19)34-23(31)12-21(30)26(5,6)25(33)17(3)24(15)32/h10,13,15,17,20-22,24,29-30,32H,7-9,11-12,14H2,1-6H3/b16-10+/t15-,17+,20-,21-,22-,24-,27+/m0/s1. The Morgan fingerprint density at radius 3 is 2.58 bits per heavy atom. The third-order valence-corrected chi connectivity index (χ3v) is 8.78. The summed E-state index contributed by atoms with van der Waals surface area (Å²) in [7, 11) is 0. The van der Waals surface area contributed by atoms with Crippen LogP contribution in [0.2, 0.25) is 0 Å². The van der Waals surface area contributed by atoms with Crippen LogP contribution in [0, 0.1) is 24.2 Å². The fourth-order valence-corrected chi connectivity index (χ4v) is 5.73. The normalized spacial score (nSPS) is 36.8. The van der Waals surface area contributed by atoms with E-state index < -0.39 is 41.2 Å². The zero-order valence-electron chi connectivity index (χ0n) is 22.2. The number of Topliss-reactive ketones (excluding diaryl/α,β-unsaturated/α-hetero) is 1. The topological polar surface area (TPSA) is 129 Å². The number of epoxide rings is 1. The van der Waals surface area contributed by atoms with Crippen LogP contribution in [-0.4, -0.2) is 68.7 Å². The Labute approximate surface area is 217 Å². The number of aromatic nitrogens is 1. The third kappa shape index (κ3) is 6.42. The number of esters is 1. The van der Waals surface area contributed by atoms with Crippen molar-refractivity contribution in [3.8, 4) is 0 Å². The van der Waals surface area contributed by atoms with Gasteiger partial charge in [0.05, 0.1) is 47.5 Å². The van der Waals surface area contributed by atoms with Crippen molar-refractivity contribution in [3.63, 3.8) is 0 Å². The van der Waals surface area contributed by atoms with Gasteiger partial charge in [-0.25, -0.2) is 4.98 Å². The lowest BCUT2D eigenvalue weighted by Gasteiger charge is -2.34. The first-order chi connectivity index (χ1) is 16.8. The number of rotatable bonds is 3. The van der Waals surface area contributed by atoms with Crippen LogP contribution in [0.5, 0.6) is 0 Å². The second kappa shape index (κ2) is 11.4. The largest absolute Gasteiger partial charge is 0.458 e. The van der Waals surface area contributed by atoms with E-state index >= 15 is 0 Å². The molecule has 3 N–H and O–H groups in total. The second-order valence-electron chi connectivity index (χ2n) is 11.2. The molecule has 0 unspecified atom stereocenters. The van der Waals surface area contributed by atoms with E-state index in [0.29, 0.717) is 25.7 Å². The molecule has 1 aromatic heterocycles. The highest BCUT2D eigenvalue weighted by Crippen LogP contribution is 2.45. The number of cyclic esters (lactones) is 1. The summed E-state index contributed by atoms with van der Waals surface area (Å²) < 4.78 is 11.8. The average Bonchev–Trinajstić information content (AvgIpc) is 3.35. The molecule has 3 heterocycles. The number of carbonyl (C=O) groups is 2. The molecule has 2 saturated heterocycles. The van der Waals surface area contributed by atoms with E-state index in [1.165, 1.54) is 11.3 Å². The highest BCUT2D eigenvalue weighted by atomic mass is 32.1. The van der Waals surface area contributed by atoms with Crippen LogP contribution in [0.4, 0.5) is 0 Å². The first-order valence-electron chi connectivity index (χ1n) is 12.8. The van der Waals surface area contributed by atoms with Gasteiger partial charge in [-0.05, 0) is 44.3 Å². The molecule has 2 aliphatic heterocycles. The summed E-state index contributed by atoms with van der Waals surface area (Å²) in [4.78, 5) is 30.6. The Morgan fingerprint density at radius 2 is 1.97 bits per heavy atom. The van der Waals surface area contributed by atoms with Gasteiger partial charge in [0.2, 0.25) is 0 Å². The molecular weight excluding hydrogens is 482 g/mol. The van der Waals surface area contributed by atoms with Crippen LogP contribution >= 0.6 is 11.3 Å². The van der Waals surface area contributed by atoms with Crippen molar-refractivity contribution >= 4 is 29.2 Å². The van der Waals surface area contributed by atoms with Crippen molar-refractivity contribution in [3.05, 3.63) is 21.7 Å². The Kier molecular flexibility index (Phi) is 9.15. The Hall–Kier alpha value is -1.65. The fourth-order valence-electron chi connectivity index (χ4n) is 5.16. The lowest BCUT2D eigenvalue weighted by Crippen LogP contribution is -2.45. The molecule has 2 fully saturated rings. The minimum Gasteiger partial charge on any atom is -0.458 e. The van der Waals surface area contributed by atoms with Gasteiger partial charge in [-0.2, -0.15) is 0 Å². The van der Waals surface area contributed by atoms with E-state index in [9.17, 15) is 24.9 Å². The smallest absolute Gasteiger partial charge is 0.309 e. The molecule has 0 aromatic carbocycles. The Morgan fingerprint density at radius 1 is 1.28 bits per heavy atom. The molecule has 7 atom stereocenters. The van der Waals surface area contributed by atoms with Crippen LogP contribution in [0.15, 0.2) is 11.0 Å². The molecule has 9 heteroatoms. The van der Waals surface area contributed by atoms with Gasteiger partial charge < -0.3 is 24.8 Å². The van der Waals surface area contributed by atoms with Gasteiger partial charge in [-0.3, -0.25) is 9.59 Å². The SMILES string of the molecule is C/C(=C\c1csc(C)n1)[C@@H]1C[C@@H]2O[C@@]2(CO)CCC[C@H](C)[C@H](O)[C@@H](C)C(=O)C(C)(C)[C@@H](O)CC(=O)O1. The minimum absolute atomic E-state index is 0.148. The van der Waals surface area contributed by atoms with Crippen molar-refractivity contribution in [2.45, 2.75) is 104 Å². The summed E-state index contributed by atoms with van der Waals surface area (Å²) in [6, 6.07) is 0. The maximum Gasteiger partial charge on any atom is 0.309 e. The Bertz CT molecular complexity index is 973. The van der Waals surface area contributed by atoms with Crippen molar-refractivity contribution in [1.29, 1.82) is 0 Å². The zero-order chi connectivity index (χ0) is 26.8. The van der Waals surface area contributed by atoms with E-state index in [1.54, 1.807) is 20.8 Å². The average molecular weight is 524 g/mol. The second-order valence-corrected chi connectivity index (χ2v) is 12.2. The molecular formula is C27H41NO7S. The van der Waals surface area contributed by atoms with Crippen LogP contribution in [-0.2, 0) is 19.1 Å². The number of fused-ring (bicyclic) bond motifs is 1. The first kappa shape index (κ1) is 28.9. The summed E-state index contributed by atoms with van der Waals surface area (Å²) in [6.45, 7) is 10.4. The van der Waals surface area contributed by atoms with Crippen molar-refractivity contribution in [2.24, 2.45) is 17.3 Å². The predicted octanol–water partition coefficient (Wildman–Crippen LogP) is 3.45.